The number of fused-ring (bicyclic) bond motifs is 1. The number of alkyl halides is 2. The topological polar surface area (TPSA) is 100 Å². The van der Waals surface area contributed by atoms with E-state index in [1.807, 2.05) is 20.8 Å². The standard InChI is InChI=1S/C19H26F2NO7P/c1-17(2,3)10-18(4,5)29-16(24)26-15(23)22-11-8-9-12(30(6,7)25)14-13(11)27-19(20,21)28-14/h8-9H,10H2,1-7H3,(H,22,23). The molecule has 0 fully saturated rings. The first-order valence-corrected chi connectivity index (χ1v) is 11.7. The summed E-state index contributed by atoms with van der Waals surface area (Å²) >= 11 is 0. The molecule has 1 aliphatic heterocycles. The number of ether oxygens (including phenoxy) is 4. The number of amides is 1. The first-order chi connectivity index (χ1) is 13.4. The molecule has 1 aromatic carbocycles. The Morgan fingerprint density at radius 1 is 1.10 bits per heavy atom. The van der Waals surface area contributed by atoms with E-state index in [9.17, 15) is 22.9 Å². The van der Waals surface area contributed by atoms with Gasteiger partial charge in [-0.1, -0.05) is 20.8 Å². The zero-order valence-corrected chi connectivity index (χ0v) is 18.8. The molecule has 0 saturated carbocycles. The van der Waals surface area contributed by atoms with E-state index >= 15 is 0 Å². The second-order valence-electron chi connectivity index (χ2n) is 9.17. The molecule has 0 bridgehead atoms. The third-order valence-electron chi connectivity index (χ3n) is 3.84. The van der Waals surface area contributed by atoms with Crippen LogP contribution >= 0.6 is 7.14 Å². The number of hydrogen-bond acceptors (Lipinski definition) is 7. The Bertz CT molecular complexity index is 903. The fourth-order valence-electron chi connectivity index (χ4n) is 3.30. The van der Waals surface area contributed by atoms with Gasteiger partial charge in [-0.05, 0) is 51.1 Å². The molecule has 0 aromatic heterocycles. The predicted octanol–water partition coefficient (Wildman–Crippen LogP) is 5.16. The van der Waals surface area contributed by atoms with Gasteiger partial charge < -0.3 is 23.5 Å². The lowest BCUT2D eigenvalue weighted by Gasteiger charge is -2.31. The summed E-state index contributed by atoms with van der Waals surface area (Å²) in [4.78, 5) is 24.0. The molecule has 0 radical (unpaired) electrons. The molecule has 1 aliphatic rings. The van der Waals surface area contributed by atoms with Crippen molar-refractivity contribution in [2.45, 2.75) is 52.9 Å². The molecule has 1 amide bonds. The molecular formula is C19H26F2NO7P. The highest BCUT2D eigenvalue weighted by molar-refractivity contribution is 7.70. The lowest BCUT2D eigenvalue weighted by molar-refractivity contribution is -0.286. The lowest BCUT2D eigenvalue weighted by Crippen LogP contribution is -2.34. The van der Waals surface area contributed by atoms with E-state index in [1.165, 1.54) is 25.5 Å². The monoisotopic (exact) mass is 449 g/mol. The number of carbonyl (C=O) groups is 2. The van der Waals surface area contributed by atoms with Crippen molar-refractivity contribution in [1.29, 1.82) is 0 Å². The van der Waals surface area contributed by atoms with E-state index < -0.39 is 42.8 Å². The Kier molecular flexibility index (Phi) is 6.16. The van der Waals surface area contributed by atoms with E-state index in [-0.39, 0.29) is 16.4 Å². The number of anilines is 1. The molecule has 0 saturated heterocycles. The first kappa shape index (κ1) is 23.9. The van der Waals surface area contributed by atoms with Gasteiger partial charge in [-0.15, -0.1) is 8.78 Å². The molecular weight excluding hydrogens is 423 g/mol. The van der Waals surface area contributed by atoms with Gasteiger partial charge in [0.05, 0.1) is 11.0 Å². The second-order valence-corrected chi connectivity index (χ2v) is 12.4. The summed E-state index contributed by atoms with van der Waals surface area (Å²) in [5.41, 5.74) is -1.29. The van der Waals surface area contributed by atoms with E-state index in [0.717, 1.165) is 0 Å². The van der Waals surface area contributed by atoms with E-state index in [2.05, 4.69) is 19.5 Å². The highest BCUT2D eigenvalue weighted by Gasteiger charge is 2.47. The van der Waals surface area contributed by atoms with Gasteiger partial charge in [-0.3, -0.25) is 5.32 Å². The smallest absolute Gasteiger partial charge is 0.428 e. The molecule has 30 heavy (non-hydrogen) atoms. The quantitative estimate of drug-likeness (QED) is 0.385. The Labute approximate surface area is 173 Å². The minimum Gasteiger partial charge on any atom is -0.428 e. The van der Waals surface area contributed by atoms with E-state index in [4.69, 9.17) is 4.74 Å². The average Bonchev–Trinajstić information content (AvgIpc) is 2.77. The van der Waals surface area contributed by atoms with Crippen LogP contribution in [0.2, 0.25) is 0 Å². The van der Waals surface area contributed by atoms with Crippen LogP contribution in [0.25, 0.3) is 0 Å². The molecule has 168 valence electrons. The maximum absolute atomic E-state index is 13.6. The van der Waals surface area contributed by atoms with Crippen molar-refractivity contribution < 1.29 is 41.9 Å². The maximum atomic E-state index is 13.6. The normalized spacial score (nSPS) is 15.5. The van der Waals surface area contributed by atoms with Crippen molar-refractivity contribution in [3.05, 3.63) is 12.1 Å². The molecule has 0 unspecified atom stereocenters. The molecule has 11 heteroatoms. The third-order valence-corrected chi connectivity index (χ3v) is 5.35. The van der Waals surface area contributed by atoms with Crippen LogP contribution in [0.15, 0.2) is 12.1 Å². The van der Waals surface area contributed by atoms with Crippen LogP contribution in [0, 0.1) is 5.41 Å². The van der Waals surface area contributed by atoms with Gasteiger partial charge in [0.1, 0.15) is 12.7 Å². The van der Waals surface area contributed by atoms with Crippen LogP contribution < -0.4 is 20.1 Å². The Morgan fingerprint density at radius 3 is 2.20 bits per heavy atom. The molecule has 0 atom stereocenters. The number of rotatable bonds is 4. The lowest BCUT2D eigenvalue weighted by atomic mass is 9.84. The minimum atomic E-state index is -4.00. The summed E-state index contributed by atoms with van der Waals surface area (Å²) in [5.74, 6) is -0.958. The second kappa shape index (κ2) is 7.72. The first-order valence-electron chi connectivity index (χ1n) is 9.09. The van der Waals surface area contributed by atoms with Crippen molar-refractivity contribution in [1.82, 2.24) is 0 Å². The zero-order chi connectivity index (χ0) is 23.1. The predicted molar refractivity (Wildman–Crippen MR) is 106 cm³/mol. The van der Waals surface area contributed by atoms with Gasteiger partial charge in [0.2, 0.25) is 0 Å². The maximum Gasteiger partial charge on any atom is 0.586 e. The number of hydrogen-bond donors (Lipinski definition) is 1. The summed E-state index contributed by atoms with van der Waals surface area (Å²) in [5, 5.41) is 2.16. The number of carbonyl (C=O) groups excluding carboxylic acids is 2. The van der Waals surface area contributed by atoms with Crippen LogP contribution in [-0.4, -0.2) is 37.5 Å². The van der Waals surface area contributed by atoms with Crippen molar-refractivity contribution in [3.63, 3.8) is 0 Å². The Balaban J connectivity index is 2.14. The summed E-state index contributed by atoms with van der Waals surface area (Å²) < 4.78 is 58.2. The Hall–Kier alpha value is -2.35. The van der Waals surface area contributed by atoms with Gasteiger partial charge in [0.25, 0.3) is 0 Å². The number of halogens is 2. The molecule has 0 aliphatic carbocycles. The number of benzene rings is 1. The van der Waals surface area contributed by atoms with Crippen LogP contribution in [0.4, 0.5) is 24.1 Å². The zero-order valence-electron chi connectivity index (χ0n) is 17.9. The fourth-order valence-corrected chi connectivity index (χ4v) is 4.37. The largest absolute Gasteiger partial charge is 0.586 e. The van der Waals surface area contributed by atoms with Crippen LogP contribution in [-0.2, 0) is 14.0 Å². The number of nitrogens with one attached hydrogen (secondary N) is 1. The fraction of sp³-hybridized carbons (Fsp3) is 0.579. The van der Waals surface area contributed by atoms with Crippen molar-refractivity contribution in [3.8, 4) is 11.5 Å². The highest BCUT2D eigenvalue weighted by atomic mass is 31.2. The van der Waals surface area contributed by atoms with E-state index in [1.54, 1.807) is 13.8 Å². The van der Waals surface area contributed by atoms with Crippen LogP contribution in [0.5, 0.6) is 11.5 Å². The molecule has 1 heterocycles. The molecule has 2 rings (SSSR count). The molecule has 1 N–H and O–H groups in total. The molecule has 0 spiro atoms. The van der Waals surface area contributed by atoms with Crippen molar-refractivity contribution in [2.24, 2.45) is 5.41 Å². The minimum absolute atomic E-state index is 0.0249. The van der Waals surface area contributed by atoms with Crippen LogP contribution in [0.1, 0.15) is 41.0 Å². The summed E-state index contributed by atoms with van der Waals surface area (Å²) in [6.07, 6.45) is -6.01. The average molecular weight is 449 g/mol. The summed E-state index contributed by atoms with van der Waals surface area (Å²) in [6, 6.07) is 2.47. The molecule has 1 aromatic rings. The van der Waals surface area contributed by atoms with Crippen molar-refractivity contribution >= 4 is 30.4 Å². The van der Waals surface area contributed by atoms with Gasteiger partial charge in [0.15, 0.2) is 11.5 Å². The van der Waals surface area contributed by atoms with Crippen LogP contribution in [0.3, 0.4) is 0 Å². The summed E-state index contributed by atoms with van der Waals surface area (Å²) in [6.45, 7) is 12.0. The highest BCUT2D eigenvalue weighted by Crippen LogP contribution is 2.50. The van der Waals surface area contributed by atoms with Gasteiger partial charge >= 0.3 is 18.5 Å². The van der Waals surface area contributed by atoms with Gasteiger partial charge in [-0.2, -0.15) is 0 Å². The van der Waals surface area contributed by atoms with Gasteiger partial charge in [0, 0.05) is 0 Å². The molecule has 8 nitrogen and oxygen atoms in total. The third kappa shape index (κ3) is 6.32. The van der Waals surface area contributed by atoms with Gasteiger partial charge in [-0.25, -0.2) is 9.59 Å². The van der Waals surface area contributed by atoms with Crippen molar-refractivity contribution in [2.75, 3.05) is 18.6 Å². The van der Waals surface area contributed by atoms with E-state index in [0.29, 0.717) is 6.42 Å². The Morgan fingerprint density at radius 2 is 1.67 bits per heavy atom. The SMILES string of the molecule is CC(C)(C)CC(C)(C)OC(=O)OC(=O)Nc1ccc(P(C)(C)=O)c2c1OC(F)(F)O2. The summed E-state index contributed by atoms with van der Waals surface area (Å²) in [7, 11) is -2.99.